The van der Waals surface area contributed by atoms with E-state index in [0.717, 1.165) is 27.8 Å². The second-order valence-electron chi connectivity index (χ2n) is 5.25. The van der Waals surface area contributed by atoms with E-state index in [1.807, 2.05) is 37.3 Å². The number of hydrogen-bond acceptors (Lipinski definition) is 4. The van der Waals surface area contributed by atoms with Gasteiger partial charge in [-0.1, -0.05) is 18.2 Å². The van der Waals surface area contributed by atoms with Crippen molar-refractivity contribution in [2.75, 3.05) is 11.6 Å². The molecule has 0 atom stereocenters. The molecule has 0 aliphatic heterocycles. The van der Waals surface area contributed by atoms with Gasteiger partial charge in [-0.25, -0.2) is 8.42 Å². The van der Waals surface area contributed by atoms with Gasteiger partial charge in [0.25, 0.3) is 0 Å². The molecule has 3 rings (SSSR count). The third-order valence-corrected chi connectivity index (χ3v) is 4.67. The molecule has 0 fully saturated rings. The van der Waals surface area contributed by atoms with E-state index in [1.54, 1.807) is 24.4 Å². The number of rotatable bonds is 3. The predicted molar refractivity (Wildman–Crippen MR) is 89.3 cm³/mol. The van der Waals surface area contributed by atoms with Gasteiger partial charge in [0.1, 0.15) is 0 Å². The standard InChI is InChI=1S/C17H16N2O2S/c1-12-5-3-4-6-15(12)19-17-9-10-18-16-8-7-13(11-14(16)17)22(2,20)21/h3-11H,1-2H3,(H,18,19). The maximum atomic E-state index is 11.8. The lowest BCUT2D eigenvalue weighted by Crippen LogP contribution is -1.99. The van der Waals surface area contributed by atoms with E-state index in [9.17, 15) is 8.42 Å². The van der Waals surface area contributed by atoms with Crippen molar-refractivity contribution in [1.29, 1.82) is 0 Å². The van der Waals surface area contributed by atoms with E-state index >= 15 is 0 Å². The minimum Gasteiger partial charge on any atom is -0.355 e. The Balaban J connectivity index is 2.15. The molecule has 0 saturated carbocycles. The average molecular weight is 312 g/mol. The lowest BCUT2D eigenvalue weighted by atomic mass is 10.1. The summed E-state index contributed by atoms with van der Waals surface area (Å²) in [4.78, 5) is 4.59. The van der Waals surface area contributed by atoms with Crippen LogP contribution in [0.1, 0.15) is 5.56 Å². The largest absolute Gasteiger partial charge is 0.355 e. The number of aromatic nitrogens is 1. The van der Waals surface area contributed by atoms with Crippen LogP contribution in [0.3, 0.4) is 0 Å². The van der Waals surface area contributed by atoms with Gasteiger partial charge in [-0.05, 0) is 42.8 Å². The molecule has 0 aliphatic carbocycles. The Kier molecular flexibility index (Phi) is 3.58. The number of anilines is 2. The van der Waals surface area contributed by atoms with Gasteiger partial charge in [-0.3, -0.25) is 4.98 Å². The quantitative estimate of drug-likeness (QED) is 0.801. The number of aryl methyl sites for hydroxylation is 1. The summed E-state index contributed by atoms with van der Waals surface area (Å²) in [7, 11) is -3.25. The minimum absolute atomic E-state index is 0.292. The first-order valence-electron chi connectivity index (χ1n) is 6.86. The molecule has 2 aromatic carbocycles. The molecule has 0 spiro atoms. The summed E-state index contributed by atoms with van der Waals surface area (Å²) in [6.45, 7) is 2.02. The summed E-state index contributed by atoms with van der Waals surface area (Å²) in [5.41, 5.74) is 3.70. The zero-order valence-electron chi connectivity index (χ0n) is 12.4. The number of hydrogen-bond donors (Lipinski definition) is 1. The Bertz CT molecular complexity index is 950. The molecule has 1 heterocycles. The van der Waals surface area contributed by atoms with Crippen molar-refractivity contribution in [2.45, 2.75) is 11.8 Å². The van der Waals surface area contributed by atoms with Crippen molar-refractivity contribution in [2.24, 2.45) is 0 Å². The van der Waals surface area contributed by atoms with Gasteiger partial charge in [0, 0.05) is 29.2 Å². The van der Waals surface area contributed by atoms with Gasteiger partial charge in [-0.2, -0.15) is 0 Å². The molecule has 1 N–H and O–H groups in total. The summed E-state index contributed by atoms with van der Waals surface area (Å²) in [5, 5.41) is 4.14. The van der Waals surface area contributed by atoms with Crippen LogP contribution in [0.5, 0.6) is 0 Å². The van der Waals surface area contributed by atoms with Gasteiger partial charge < -0.3 is 5.32 Å². The van der Waals surface area contributed by atoms with Crippen LogP contribution in [-0.2, 0) is 9.84 Å². The molecular weight excluding hydrogens is 296 g/mol. The smallest absolute Gasteiger partial charge is 0.175 e. The summed E-state index contributed by atoms with van der Waals surface area (Å²) >= 11 is 0. The molecule has 0 radical (unpaired) electrons. The molecule has 22 heavy (non-hydrogen) atoms. The van der Waals surface area contributed by atoms with E-state index in [2.05, 4.69) is 10.3 Å². The normalized spacial score (nSPS) is 11.5. The Morgan fingerprint density at radius 3 is 2.50 bits per heavy atom. The molecule has 0 bridgehead atoms. The molecule has 3 aromatic rings. The predicted octanol–water partition coefficient (Wildman–Crippen LogP) is 3.69. The van der Waals surface area contributed by atoms with E-state index in [4.69, 9.17) is 0 Å². The zero-order valence-corrected chi connectivity index (χ0v) is 13.2. The summed E-state index contributed by atoms with van der Waals surface area (Å²) in [6.07, 6.45) is 2.92. The molecule has 5 heteroatoms. The van der Waals surface area contributed by atoms with Crippen LogP contribution >= 0.6 is 0 Å². The Morgan fingerprint density at radius 2 is 1.77 bits per heavy atom. The number of benzene rings is 2. The molecule has 112 valence electrons. The van der Waals surface area contributed by atoms with Gasteiger partial charge in [-0.15, -0.1) is 0 Å². The fourth-order valence-corrected chi connectivity index (χ4v) is 2.97. The first-order valence-corrected chi connectivity index (χ1v) is 8.76. The number of nitrogens with zero attached hydrogens (tertiary/aromatic N) is 1. The van der Waals surface area contributed by atoms with Crippen molar-refractivity contribution in [3.63, 3.8) is 0 Å². The topological polar surface area (TPSA) is 59.1 Å². The number of fused-ring (bicyclic) bond motifs is 1. The van der Waals surface area contributed by atoms with Crippen LogP contribution in [-0.4, -0.2) is 19.7 Å². The van der Waals surface area contributed by atoms with E-state index < -0.39 is 9.84 Å². The van der Waals surface area contributed by atoms with Crippen LogP contribution < -0.4 is 5.32 Å². The Labute approximate surface area is 129 Å². The highest BCUT2D eigenvalue weighted by Gasteiger charge is 2.10. The third kappa shape index (κ3) is 2.80. The van der Waals surface area contributed by atoms with Gasteiger partial charge in [0.05, 0.1) is 10.4 Å². The Morgan fingerprint density at radius 1 is 1.00 bits per heavy atom. The zero-order chi connectivity index (χ0) is 15.7. The van der Waals surface area contributed by atoms with Crippen molar-refractivity contribution in [3.8, 4) is 0 Å². The molecule has 4 nitrogen and oxygen atoms in total. The summed E-state index contributed by atoms with van der Waals surface area (Å²) < 4.78 is 23.5. The molecule has 0 saturated heterocycles. The number of nitrogens with one attached hydrogen (secondary N) is 1. The fraction of sp³-hybridized carbons (Fsp3) is 0.118. The molecule has 0 amide bonds. The van der Waals surface area contributed by atoms with Crippen molar-refractivity contribution < 1.29 is 8.42 Å². The van der Waals surface area contributed by atoms with Crippen LogP contribution in [0.2, 0.25) is 0 Å². The second kappa shape index (κ2) is 5.42. The maximum Gasteiger partial charge on any atom is 0.175 e. The highest BCUT2D eigenvalue weighted by Crippen LogP contribution is 2.28. The number of para-hydroxylation sites is 1. The van der Waals surface area contributed by atoms with Crippen molar-refractivity contribution in [1.82, 2.24) is 4.98 Å². The van der Waals surface area contributed by atoms with Gasteiger partial charge >= 0.3 is 0 Å². The molecule has 1 aromatic heterocycles. The average Bonchev–Trinajstić information content (AvgIpc) is 2.48. The van der Waals surface area contributed by atoms with Crippen LogP contribution in [0, 0.1) is 6.92 Å². The number of sulfone groups is 1. The molecule has 0 unspecified atom stereocenters. The van der Waals surface area contributed by atoms with E-state index in [1.165, 1.54) is 6.26 Å². The van der Waals surface area contributed by atoms with Crippen LogP contribution in [0.4, 0.5) is 11.4 Å². The van der Waals surface area contributed by atoms with Crippen LogP contribution in [0.25, 0.3) is 10.9 Å². The molecule has 0 aliphatic rings. The second-order valence-corrected chi connectivity index (χ2v) is 7.27. The first kappa shape index (κ1) is 14.5. The van der Waals surface area contributed by atoms with Crippen LogP contribution in [0.15, 0.2) is 59.6 Å². The number of pyridine rings is 1. The highest BCUT2D eigenvalue weighted by atomic mass is 32.2. The third-order valence-electron chi connectivity index (χ3n) is 3.56. The maximum absolute atomic E-state index is 11.8. The molecular formula is C17H16N2O2S. The SMILES string of the molecule is Cc1ccccc1Nc1ccnc2ccc(S(C)(=O)=O)cc12. The monoisotopic (exact) mass is 312 g/mol. The van der Waals surface area contributed by atoms with E-state index in [0.29, 0.717) is 4.90 Å². The minimum atomic E-state index is -3.25. The summed E-state index contributed by atoms with van der Waals surface area (Å²) in [6, 6.07) is 14.8. The van der Waals surface area contributed by atoms with Crippen molar-refractivity contribution >= 4 is 32.1 Å². The fourth-order valence-electron chi connectivity index (χ4n) is 2.32. The summed E-state index contributed by atoms with van der Waals surface area (Å²) in [5.74, 6) is 0. The highest BCUT2D eigenvalue weighted by molar-refractivity contribution is 7.90. The Hall–Kier alpha value is -2.40. The lowest BCUT2D eigenvalue weighted by molar-refractivity contribution is 0.602. The lowest BCUT2D eigenvalue weighted by Gasteiger charge is -2.12. The van der Waals surface area contributed by atoms with Gasteiger partial charge in [0.2, 0.25) is 0 Å². The van der Waals surface area contributed by atoms with Gasteiger partial charge in [0.15, 0.2) is 9.84 Å². The van der Waals surface area contributed by atoms with Crippen molar-refractivity contribution in [3.05, 3.63) is 60.3 Å². The van der Waals surface area contributed by atoms with E-state index in [-0.39, 0.29) is 0 Å². The first-order chi connectivity index (χ1) is 10.4.